The molecule has 0 N–H and O–H groups in total. The van der Waals surface area contributed by atoms with Gasteiger partial charge in [-0.15, -0.1) is 0 Å². The zero-order valence-electron chi connectivity index (χ0n) is 17.5. The van der Waals surface area contributed by atoms with Crippen molar-refractivity contribution in [2.24, 2.45) is 0 Å². The van der Waals surface area contributed by atoms with Crippen molar-refractivity contribution in [1.82, 2.24) is 0 Å². The highest BCUT2D eigenvalue weighted by molar-refractivity contribution is 5.64. The summed E-state index contributed by atoms with van der Waals surface area (Å²) in [7, 11) is 0. The van der Waals surface area contributed by atoms with Gasteiger partial charge < -0.3 is 4.74 Å². The molecule has 0 radical (unpaired) electrons. The maximum absolute atomic E-state index is 5.84. The van der Waals surface area contributed by atoms with E-state index in [0.29, 0.717) is 0 Å². The van der Waals surface area contributed by atoms with Gasteiger partial charge in [0.1, 0.15) is 5.75 Å². The molecule has 0 amide bonds. The minimum absolute atomic E-state index is 0.826. The average molecular weight is 367 g/mol. The highest BCUT2D eigenvalue weighted by Gasteiger charge is 2.01. The number of ether oxygens (including phenoxy) is 1. The monoisotopic (exact) mass is 366 g/mol. The topological polar surface area (TPSA) is 9.23 Å². The molecule has 0 aliphatic heterocycles. The molecule has 2 rings (SSSR count). The van der Waals surface area contributed by atoms with Crippen LogP contribution in [0.25, 0.3) is 11.1 Å². The summed E-state index contributed by atoms with van der Waals surface area (Å²) in [4.78, 5) is 0. The van der Waals surface area contributed by atoms with E-state index in [1.165, 1.54) is 80.9 Å². The molecule has 1 heteroatoms. The van der Waals surface area contributed by atoms with Gasteiger partial charge in [-0.3, -0.25) is 0 Å². The zero-order valence-corrected chi connectivity index (χ0v) is 17.5. The third-order valence-corrected chi connectivity index (χ3v) is 5.23. The van der Waals surface area contributed by atoms with Gasteiger partial charge in [0.05, 0.1) is 6.61 Å². The first-order chi connectivity index (χ1) is 13.3. The van der Waals surface area contributed by atoms with Crippen LogP contribution in [0.3, 0.4) is 0 Å². The van der Waals surface area contributed by atoms with Crippen LogP contribution >= 0.6 is 0 Å². The number of rotatable bonds is 14. The third-order valence-electron chi connectivity index (χ3n) is 5.23. The number of hydrogen-bond donors (Lipinski definition) is 0. The Kier molecular flexibility index (Phi) is 10.7. The van der Waals surface area contributed by atoms with Crippen LogP contribution in [0.2, 0.25) is 0 Å². The lowest BCUT2D eigenvalue weighted by Gasteiger charge is -2.08. The van der Waals surface area contributed by atoms with Crippen molar-refractivity contribution >= 4 is 0 Å². The van der Waals surface area contributed by atoms with Crippen molar-refractivity contribution in [3.63, 3.8) is 0 Å². The van der Waals surface area contributed by atoms with Crippen LogP contribution in [-0.4, -0.2) is 6.61 Å². The molecule has 0 spiro atoms. The minimum Gasteiger partial charge on any atom is -0.494 e. The molecule has 27 heavy (non-hydrogen) atoms. The molecule has 1 nitrogen and oxygen atoms in total. The van der Waals surface area contributed by atoms with Crippen LogP contribution in [0.1, 0.15) is 83.6 Å². The SMILES string of the molecule is CCCCCCCCc1ccc(-c2ccc(OCCCCCC)cc2)cc1. The van der Waals surface area contributed by atoms with E-state index in [1.807, 2.05) is 0 Å². The Hall–Kier alpha value is -1.76. The second-order valence-electron chi connectivity index (χ2n) is 7.65. The first-order valence-corrected chi connectivity index (χ1v) is 11.2. The van der Waals surface area contributed by atoms with Gasteiger partial charge in [-0.05, 0) is 48.1 Å². The van der Waals surface area contributed by atoms with E-state index in [-0.39, 0.29) is 0 Å². The lowest BCUT2D eigenvalue weighted by Crippen LogP contribution is -1.96. The van der Waals surface area contributed by atoms with Gasteiger partial charge in [-0.1, -0.05) is 102 Å². The van der Waals surface area contributed by atoms with Crippen molar-refractivity contribution in [2.75, 3.05) is 6.61 Å². The van der Waals surface area contributed by atoms with E-state index in [1.54, 1.807) is 0 Å². The molecule has 148 valence electrons. The summed E-state index contributed by atoms with van der Waals surface area (Å²) in [6, 6.07) is 17.6. The fourth-order valence-corrected chi connectivity index (χ4v) is 3.44. The van der Waals surface area contributed by atoms with E-state index in [2.05, 4.69) is 62.4 Å². The van der Waals surface area contributed by atoms with Gasteiger partial charge in [-0.25, -0.2) is 0 Å². The lowest BCUT2D eigenvalue weighted by atomic mass is 10.0. The Bertz CT molecular complexity index is 597. The first-order valence-electron chi connectivity index (χ1n) is 11.2. The van der Waals surface area contributed by atoms with Crippen molar-refractivity contribution in [3.05, 3.63) is 54.1 Å². The van der Waals surface area contributed by atoms with Crippen LogP contribution in [-0.2, 0) is 6.42 Å². The molecular weight excluding hydrogens is 328 g/mol. The number of hydrogen-bond acceptors (Lipinski definition) is 1. The fourth-order valence-electron chi connectivity index (χ4n) is 3.44. The van der Waals surface area contributed by atoms with E-state index in [9.17, 15) is 0 Å². The Morgan fingerprint density at radius 1 is 0.556 bits per heavy atom. The summed E-state index contributed by atoms with van der Waals surface area (Å²) in [5.74, 6) is 0.981. The van der Waals surface area contributed by atoms with E-state index in [4.69, 9.17) is 4.74 Å². The number of aryl methyl sites for hydroxylation is 1. The zero-order chi connectivity index (χ0) is 19.2. The van der Waals surface area contributed by atoms with Crippen LogP contribution in [0, 0.1) is 0 Å². The van der Waals surface area contributed by atoms with E-state index >= 15 is 0 Å². The molecule has 0 atom stereocenters. The van der Waals surface area contributed by atoms with Crippen LogP contribution < -0.4 is 4.74 Å². The molecule has 0 aliphatic rings. The Balaban J connectivity index is 1.74. The van der Waals surface area contributed by atoms with Gasteiger partial charge in [0.25, 0.3) is 0 Å². The van der Waals surface area contributed by atoms with Gasteiger partial charge in [0, 0.05) is 0 Å². The molecule has 0 heterocycles. The highest BCUT2D eigenvalue weighted by atomic mass is 16.5. The number of benzene rings is 2. The summed E-state index contributed by atoms with van der Waals surface area (Å²) < 4.78 is 5.84. The summed E-state index contributed by atoms with van der Waals surface area (Å²) in [6.45, 7) is 5.34. The minimum atomic E-state index is 0.826. The molecule has 0 saturated carbocycles. The van der Waals surface area contributed by atoms with E-state index in [0.717, 1.165) is 18.8 Å². The maximum Gasteiger partial charge on any atom is 0.119 e. The van der Waals surface area contributed by atoms with Gasteiger partial charge in [-0.2, -0.15) is 0 Å². The molecule has 0 aromatic heterocycles. The molecule has 2 aromatic rings. The molecule has 0 unspecified atom stereocenters. The standard InChI is InChI=1S/C26H38O/c1-3-5-7-9-10-11-13-23-14-16-24(17-15-23)25-18-20-26(21-19-25)27-22-12-8-6-4-2/h14-21H,3-13,22H2,1-2H3. The van der Waals surface area contributed by atoms with Crippen molar-refractivity contribution in [2.45, 2.75) is 84.5 Å². The molecular formula is C26H38O. The number of unbranched alkanes of at least 4 members (excludes halogenated alkanes) is 8. The van der Waals surface area contributed by atoms with Crippen LogP contribution in [0.15, 0.2) is 48.5 Å². The second-order valence-corrected chi connectivity index (χ2v) is 7.65. The second kappa shape index (κ2) is 13.4. The predicted molar refractivity (Wildman–Crippen MR) is 119 cm³/mol. The first kappa shape index (κ1) is 21.5. The van der Waals surface area contributed by atoms with Crippen molar-refractivity contribution in [1.29, 1.82) is 0 Å². The maximum atomic E-state index is 5.84. The summed E-state index contributed by atoms with van der Waals surface area (Å²) >= 11 is 0. The van der Waals surface area contributed by atoms with Gasteiger partial charge in [0.15, 0.2) is 0 Å². The largest absolute Gasteiger partial charge is 0.494 e. The summed E-state index contributed by atoms with van der Waals surface area (Å²) in [5, 5.41) is 0. The van der Waals surface area contributed by atoms with Crippen molar-refractivity contribution < 1.29 is 4.74 Å². The third kappa shape index (κ3) is 8.65. The molecule has 0 fully saturated rings. The predicted octanol–water partition coefficient (Wildman–Crippen LogP) is 8.22. The Labute approximate surface area is 167 Å². The highest BCUT2D eigenvalue weighted by Crippen LogP contribution is 2.23. The summed E-state index contributed by atoms with van der Waals surface area (Å²) in [5.41, 5.74) is 4.01. The van der Waals surface area contributed by atoms with Gasteiger partial charge >= 0.3 is 0 Å². The molecule has 0 bridgehead atoms. The average Bonchev–Trinajstić information content (AvgIpc) is 2.71. The lowest BCUT2D eigenvalue weighted by molar-refractivity contribution is 0.305. The van der Waals surface area contributed by atoms with Crippen LogP contribution in [0.5, 0.6) is 5.75 Å². The molecule has 0 aliphatic carbocycles. The quantitative estimate of drug-likeness (QED) is 0.306. The van der Waals surface area contributed by atoms with Crippen LogP contribution in [0.4, 0.5) is 0 Å². The van der Waals surface area contributed by atoms with Crippen molar-refractivity contribution in [3.8, 4) is 16.9 Å². The van der Waals surface area contributed by atoms with E-state index < -0.39 is 0 Å². The molecule has 0 saturated heterocycles. The smallest absolute Gasteiger partial charge is 0.119 e. The fraction of sp³-hybridized carbons (Fsp3) is 0.538. The van der Waals surface area contributed by atoms with Gasteiger partial charge in [0.2, 0.25) is 0 Å². The Morgan fingerprint density at radius 2 is 1.07 bits per heavy atom. The molecule has 2 aromatic carbocycles. The normalized spacial score (nSPS) is 10.9. The Morgan fingerprint density at radius 3 is 1.70 bits per heavy atom. The summed E-state index contributed by atoms with van der Waals surface area (Å²) in [6.07, 6.45) is 14.4.